The lowest BCUT2D eigenvalue weighted by molar-refractivity contribution is -0.136. The lowest BCUT2D eigenvalue weighted by atomic mass is 9.99. The molecule has 2 saturated heterocycles. The highest BCUT2D eigenvalue weighted by Crippen LogP contribution is 2.18. The second-order valence-corrected chi connectivity index (χ2v) is 6.68. The number of nitrogens with zero attached hydrogens (tertiary/aromatic N) is 2. The molecule has 0 saturated carbocycles. The summed E-state index contributed by atoms with van der Waals surface area (Å²) in [4.78, 5) is 27.7. The van der Waals surface area contributed by atoms with Crippen molar-refractivity contribution in [3.63, 3.8) is 0 Å². The SMILES string of the molecule is O=C(O)C(CCCN1CCOCC1)=C(CCCN1CCOCC1)C(=O)O. The quantitative estimate of drug-likeness (QED) is 0.542. The van der Waals surface area contributed by atoms with Crippen LogP contribution in [0.15, 0.2) is 11.1 Å². The Balaban J connectivity index is 1.86. The third-order valence-corrected chi connectivity index (χ3v) is 4.89. The van der Waals surface area contributed by atoms with Gasteiger partial charge in [-0.15, -0.1) is 0 Å². The highest BCUT2D eigenvalue weighted by molar-refractivity contribution is 5.98. The maximum atomic E-state index is 11.6. The first-order valence-corrected chi connectivity index (χ1v) is 9.36. The number of hydrogen-bond donors (Lipinski definition) is 2. The first kappa shape index (κ1) is 20.8. The minimum absolute atomic E-state index is 0.0488. The van der Waals surface area contributed by atoms with E-state index in [1.54, 1.807) is 0 Å². The van der Waals surface area contributed by atoms with Gasteiger partial charge in [0, 0.05) is 37.3 Å². The lowest BCUT2D eigenvalue weighted by Crippen LogP contribution is -2.37. The molecule has 2 aliphatic rings. The molecule has 0 radical (unpaired) electrons. The summed E-state index contributed by atoms with van der Waals surface area (Å²) in [5, 5.41) is 19.0. The number of hydrogen-bond acceptors (Lipinski definition) is 6. The first-order chi connectivity index (χ1) is 12.6. The molecule has 0 amide bonds. The van der Waals surface area contributed by atoms with Gasteiger partial charge in [-0.3, -0.25) is 9.80 Å². The van der Waals surface area contributed by atoms with Crippen molar-refractivity contribution in [2.45, 2.75) is 25.7 Å². The van der Waals surface area contributed by atoms with E-state index < -0.39 is 11.9 Å². The van der Waals surface area contributed by atoms with Crippen LogP contribution >= 0.6 is 0 Å². The van der Waals surface area contributed by atoms with E-state index in [1.165, 1.54) is 0 Å². The van der Waals surface area contributed by atoms with Gasteiger partial charge >= 0.3 is 11.9 Å². The lowest BCUT2D eigenvalue weighted by Gasteiger charge is -2.27. The van der Waals surface area contributed by atoms with Gasteiger partial charge < -0.3 is 19.7 Å². The summed E-state index contributed by atoms with van der Waals surface area (Å²) in [6.45, 7) is 7.70. The average Bonchev–Trinajstić information content (AvgIpc) is 2.64. The fraction of sp³-hybridized carbons (Fsp3) is 0.778. The van der Waals surface area contributed by atoms with Crippen LogP contribution in [-0.4, -0.2) is 97.6 Å². The Labute approximate surface area is 154 Å². The van der Waals surface area contributed by atoms with Crippen molar-refractivity contribution in [2.75, 3.05) is 65.7 Å². The van der Waals surface area contributed by atoms with Gasteiger partial charge in [0.1, 0.15) is 0 Å². The average molecular weight is 370 g/mol. The summed E-state index contributed by atoms with van der Waals surface area (Å²) in [5.74, 6) is -2.23. The van der Waals surface area contributed by atoms with Crippen LogP contribution in [-0.2, 0) is 19.1 Å². The number of carboxylic acid groups (broad SMARTS) is 2. The molecular weight excluding hydrogens is 340 g/mol. The van der Waals surface area contributed by atoms with Crippen molar-refractivity contribution >= 4 is 11.9 Å². The molecule has 0 unspecified atom stereocenters. The third kappa shape index (κ3) is 7.03. The van der Waals surface area contributed by atoms with E-state index in [1.807, 2.05) is 0 Å². The second-order valence-electron chi connectivity index (χ2n) is 6.68. The Morgan fingerprint density at radius 2 is 1.04 bits per heavy atom. The minimum atomic E-state index is -1.12. The molecule has 2 heterocycles. The Kier molecular flexibility index (Phi) is 9.04. The molecule has 148 valence electrons. The molecule has 8 nitrogen and oxygen atoms in total. The number of aliphatic carboxylic acids is 2. The zero-order valence-corrected chi connectivity index (χ0v) is 15.3. The third-order valence-electron chi connectivity index (χ3n) is 4.89. The molecule has 0 aliphatic carbocycles. The smallest absolute Gasteiger partial charge is 0.332 e. The fourth-order valence-corrected chi connectivity index (χ4v) is 3.38. The number of rotatable bonds is 10. The van der Waals surface area contributed by atoms with Gasteiger partial charge in [-0.1, -0.05) is 0 Å². The monoisotopic (exact) mass is 370 g/mol. The van der Waals surface area contributed by atoms with Crippen molar-refractivity contribution in [2.24, 2.45) is 0 Å². The number of carbonyl (C=O) groups is 2. The van der Waals surface area contributed by atoms with Gasteiger partial charge in [0.25, 0.3) is 0 Å². The zero-order chi connectivity index (χ0) is 18.8. The van der Waals surface area contributed by atoms with E-state index in [2.05, 4.69) is 9.80 Å². The van der Waals surface area contributed by atoms with Crippen LogP contribution in [0.4, 0.5) is 0 Å². The summed E-state index contributed by atoms with van der Waals surface area (Å²) in [6.07, 6.45) is 1.85. The molecule has 0 bridgehead atoms. The van der Waals surface area contributed by atoms with Crippen molar-refractivity contribution < 1.29 is 29.3 Å². The van der Waals surface area contributed by atoms with Crippen LogP contribution in [0.2, 0.25) is 0 Å². The molecule has 0 atom stereocenters. The second kappa shape index (κ2) is 11.3. The first-order valence-electron chi connectivity index (χ1n) is 9.36. The predicted octanol–water partition coefficient (Wildman–Crippen LogP) is 0.677. The zero-order valence-electron chi connectivity index (χ0n) is 15.3. The number of carboxylic acids is 2. The maximum Gasteiger partial charge on any atom is 0.332 e. The Bertz CT molecular complexity index is 452. The van der Waals surface area contributed by atoms with E-state index >= 15 is 0 Å². The van der Waals surface area contributed by atoms with Gasteiger partial charge in [-0.25, -0.2) is 9.59 Å². The van der Waals surface area contributed by atoms with E-state index in [0.29, 0.717) is 39.3 Å². The van der Waals surface area contributed by atoms with Crippen LogP contribution in [0.3, 0.4) is 0 Å². The Morgan fingerprint density at radius 1 is 0.692 bits per heavy atom. The molecule has 0 aromatic carbocycles. The molecule has 0 aromatic heterocycles. The van der Waals surface area contributed by atoms with Crippen LogP contribution in [0, 0.1) is 0 Å². The summed E-state index contributed by atoms with van der Waals surface area (Å²) in [6, 6.07) is 0. The van der Waals surface area contributed by atoms with E-state index in [-0.39, 0.29) is 24.0 Å². The number of ether oxygens (including phenoxy) is 2. The fourth-order valence-electron chi connectivity index (χ4n) is 3.38. The normalized spacial score (nSPS) is 20.6. The predicted molar refractivity (Wildman–Crippen MR) is 95.3 cm³/mol. The van der Waals surface area contributed by atoms with Gasteiger partial charge in [-0.05, 0) is 38.8 Å². The Hall–Kier alpha value is -1.48. The highest BCUT2D eigenvalue weighted by Gasteiger charge is 2.21. The highest BCUT2D eigenvalue weighted by atomic mass is 16.5. The Morgan fingerprint density at radius 3 is 1.35 bits per heavy atom. The van der Waals surface area contributed by atoms with Gasteiger partial charge in [-0.2, -0.15) is 0 Å². The van der Waals surface area contributed by atoms with E-state index in [4.69, 9.17) is 9.47 Å². The molecule has 2 rings (SSSR count). The maximum absolute atomic E-state index is 11.6. The van der Waals surface area contributed by atoms with Crippen LogP contribution in [0.25, 0.3) is 0 Å². The largest absolute Gasteiger partial charge is 0.478 e. The van der Waals surface area contributed by atoms with Crippen LogP contribution < -0.4 is 0 Å². The summed E-state index contributed by atoms with van der Waals surface area (Å²) < 4.78 is 10.6. The molecular formula is C18H30N2O6. The van der Waals surface area contributed by atoms with Crippen molar-refractivity contribution in [1.29, 1.82) is 0 Å². The summed E-state index contributed by atoms with van der Waals surface area (Å²) >= 11 is 0. The topological polar surface area (TPSA) is 99.5 Å². The molecule has 2 aliphatic heterocycles. The summed E-state index contributed by atoms with van der Waals surface area (Å²) in [5.41, 5.74) is 0.0977. The van der Waals surface area contributed by atoms with Gasteiger partial charge in [0.2, 0.25) is 0 Å². The minimum Gasteiger partial charge on any atom is -0.478 e. The molecule has 0 aromatic rings. The van der Waals surface area contributed by atoms with E-state index in [9.17, 15) is 19.8 Å². The van der Waals surface area contributed by atoms with Gasteiger partial charge in [0.05, 0.1) is 26.4 Å². The van der Waals surface area contributed by atoms with Crippen molar-refractivity contribution in [1.82, 2.24) is 9.80 Å². The van der Waals surface area contributed by atoms with Crippen LogP contribution in [0.1, 0.15) is 25.7 Å². The van der Waals surface area contributed by atoms with E-state index in [0.717, 1.165) is 39.3 Å². The summed E-state index contributed by atoms with van der Waals surface area (Å²) in [7, 11) is 0. The molecule has 2 fully saturated rings. The van der Waals surface area contributed by atoms with Crippen molar-refractivity contribution in [3.8, 4) is 0 Å². The number of morpholine rings is 2. The van der Waals surface area contributed by atoms with Crippen molar-refractivity contribution in [3.05, 3.63) is 11.1 Å². The van der Waals surface area contributed by atoms with Crippen LogP contribution in [0.5, 0.6) is 0 Å². The molecule has 8 heteroatoms. The molecule has 2 N–H and O–H groups in total. The molecule has 0 spiro atoms. The van der Waals surface area contributed by atoms with Gasteiger partial charge in [0.15, 0.2) is 0 Å². The standard InChI is InChI=1S/C18H30N2O6/c21-17(22)15(3-1-5-19-7-11-25-12-8-19)16(18(23)24)4-2-6-20-9-13-26-14-10-20/h1-14H2,(H,21,22)(H,23,24). The molecule has 26 heavy (non-hydrogen) atoms.